The maximum atomic E-state index is 12.2. The molecule has 1 amide bonds. The molecule has 0 atom stereocenters. The minimum atomic E-state index is 0. The van der Waals surface area contributed by atoms with Crippen molar-refractivity contribution in [2.75, 3.05) is 39.9 Å². The largest absolute Gasteiger partial charge is 0.493 e. The van der Waals surface area contributed by atoms with Gasteiger partial charge >= 0.3 is 0 Å². The Bertz CT molecular complexity index is 719. The average Bonchev–Trinajstić information content (AvgIpc) is 2.77. The third-order valence-electron chi connectivity index (χ3n) is 5.41. The molecule has 1 heterocycles. The van der Waals surface area contributed by atoms with E-state index in [0.29, 0.717) is 12.6 Å². The lowest BCUT2D eigenvalue weighted by molar-refractivity contribution is -0.135. The molecule has 2 rings (SSSR count). The molecule has 0 aliphatic carbocycles. The summed E-state index contributed by atoms with van der Waals surface area (Å²) in [5.41, 5.74) is 1.22. The van der Waals surface area contributed by atoms with Gasteiger partial charge < -0.3 is 25.0 Å². The molecular formula is C24H41IN4O3. The quantitative estimate of drug-likeness (QED) is 0.197. The van der Waals surface area contributed by atoms with E-state index in [0.717, 1.165) is 69.3 Å². The molecule has 0 radical (unpaired) electrons. The number of carbonyl (C=O) groups excluding carboxylic acids is 1. The van der Waals surface area contributed by atoms with Crippen molar-refractivity contribution < 1.29 is 14.3 Å². The van der Waals surface area contributed by atoms with Crippen LogP contribution in [-0.4, -0.2) is 62.7 Å². The Hall–Kier alpha value is -1.71. The zero-order valence-corrected chi connectivity index (χ0v) is 22.6. The third-order valence-corrected chi connectivity index (χ3v) is 5.41. The maximum Gasteiger partial charge on any atom is 0.225 e. The summed E-state index contributed by atoms with van der Waals surface area (Å²) in [4.78, 5) is 18.9. The highest BCUT2D eigenvalue weighted by atomic mass is 127. The van der Waals surface area contributed by atoms with Gasteiger partial charge in [-0.15, -0.1) is 24.0 Å². The van der Waals surface area contributed by atoms with Crippen molar-refractivity contribution in [1.29, 1.82) is 0 Å². The van der Waals surface area contributed by atoms with Gasteiger partial charge in [0.25, 0.3) is 0 Å². The second kappa shape index (κ2) is 15.2. The van der Waals surface area contributed by atoms with E-state index in [4.69, 9.17) is 14.5 Å². The minimum Gasteiger partial charge on any atom is -0.493 e. The molecule has 1 aromatic rings. The highest BCUT2D eigenvalue weighted by Crippen LogP contribution is 2.28. The minimum absolute atomic E-state index is 0. The van der Waals surface area contributed by atoms with Gasteiger partial charge in [0.15, 0.2) is 17.5 Å². The number of nitrogens with zero attached hydrogens (tertiary/aromatic N) is 2. The number of hydrogen-bond acceptors (Lipinski definition) is 4. The summed E-state index contributed by atoms with van der Waals surface area (Å²) in [7, 11) is 1.66. The molecule has 7 nitrogen and oxygen atoms in total. The van der Waals surface area contributed by atoms with Gasteiger partial charge in [0.1, 0.15) is 0 Å². The summed E-state index contributed by atoms with van der Waals surface area (Å²) in [5, 5.41) is 6.89. The Kier molecular flexibility index (Phi) is 13.4. The molecule has 1 aliphatic rings. The van der Waals surface area contributed by atoms with Crippen LogP contribution in [0.5, 0.6) is 11.5 Å². The highest BCUT2D eigenvalue weighted by Gasteiger charge is 2.24. The summed E-state index contributed by atoms with van der Waals surface area (Å²) < 4.78 is 11.0. The van der Waals surface area contributed by atoms with Gasteiger partial charge in [-0.2, -0.15) is 0 Å². The summed E-state index contributed by atoms with van der Waals surface area (Å²) in [6.07, 6.45) is 3.79. The Balaban J connectivity index is 0.00000512. The normalized spacial score (nSPS) is 14.7. The second-order valence-corrected chi connectivity index (χ2v) is 8.18. The fourth-order valence-corrected chi connectivity index (χ4v) is 3.74. The molecule has 1 saturated heterocycles. The van der Waals surface area contributed by atoms with E-state index < -0.39 is 0 Å². The third kappa shape index (κ3) is 9.03. The number of likely N-dealkylation sites (tertiary alicyclic amines) is 1. The molecular weight excluding hydrogens is 519 g/mol. The van der Waals surface area contributed by atoms with Gasteiger partial charge in [-0.05, 0) is 57.2 Å². The predicted molar refractivity (Wildman–Crippen MR) is 141 cm³/mol. The molecule has 1 aliphatic heterocycles. The number of piperidine rings is 1. The Labute approximate surface area is 210 Å². The van der Waals surface area contributed by atoms with E-state index in [-0.39, 0.29) is 35.8 Å². The van der Waals surface area contributed by atoms with Gasteiger partial charge in [0.05, 0.1) is 13.7 Å². The molecule has 0 bridgehead atoms. The number of carbonyl (C=O) groups is 1. The van der Waals surface area contributed by atoms with Crippen molar-refractivity contribution in [1.82, 2.24) is 15.5 Å². The highest BCUT2D eigenvalue weighted by molar-refractivity contribution is 14.0. The number of guanidine groups is 1. The topological polar surface area (TPSA) is 75.2 Å². The number of ether oxygens (including phenoxy) is 2. The monoisotopic (exact) mass is 560 g/mol. The van der Waals surface area contributed by atoms with Crippen LogP contribution in [0.25, 0.3) is 0 Å². The SMILES string of the molecule is CCNC(=NCCCc1ccc(OC)c(OCC)c1)NC1CCN(C(=O)C(C)C)CC1.I. The van der Waals surface area contributed by atoms with Crippen LogP contribution in [0, 0.1) is 5.92 Å². The average molecular weight is 561 g/mol. The van der Waals surface area contributed by atoms with E-state index in [1.165, 1.54) is 5.56 Å². The molecule has 8 heteroatoms. The molecule has 0 unspecified atom stereocenters. The first kappa shape index (κ1) is 28.3. The van der Waals surface area contributed by atoms with Crippen LogP contribution >= 0.6 is 24.0 Å². The summed E-state index contributed by atoms with van der Waals surface area (Å²) in [6, 6.07) is 6.46. The summed E-state index contributed by atoms with van der Waals surface area (Å²) in [6.45, 7) is 11.8. The molecule has 0 spiro atoms. The van der Waals surface area contributed by atoms with Crippen LogP contribution < -0.4 is 20.1 Å². The number of halogens is 1. The molecule has 2 N–H and O–H groups in total. The van der Waals surface area contributed by atoms with Gasteiger partial charge in [-0.3, -0.25) is 9.79 Å². The van der Waals surface area contributed by atoms with Crippen LogP contribution in [0.3, 0.4) is 0 Å². The van der Waals surface area contributed by atoms with Crippen molar-refractivity contribution in [2.45, 2.75) is 59.4 Å². The van der Waals surface area contributed by atoms with Crippen molar-refractivity contribution in [3.05, 3.63) is 23.8 Å². The molecule has 182 valence electrons. The van der Waals surface area contributed by atoms with Gasteiger partial charge in [0, 0.05) is 38.1 Å². The van der Waals surface area contributed by atoms with Crippen LogP contribution in [-0.2, 0) is 11.2 Å². The predicted octanol–water partition coefficient (Wildman–Crippen LogP) is 3.85. The van der Waals surface area contributed by atoms with Crippen LogP contribution in [0.15, 0.2) is 23.2 Å². The first-order valence-corrected chi connectivity index (χ1v) is 11.6. The van der Waals surface area contributed by atoms with Crippen molar-refractivity contribution in [2.24, 2.45) is 10.9 Å². The molecule has 32 heavy (non-hydrogen) atoms. The van der Waals surface area contributed by atoms with E-state index >= 15 is 0 Å². The van der Waals surface area contributed by atoms with Crippen LogP contribution in [0.2, 0.25) is 0 Å². The van der Waals surface area contributed by atoms with E-state index in [1.54, 1.807) is 7.11 Å². The maximum absolute atomic E-state index is 12.2. The first-order chi connectivity index (χ1) is 15.0. The lowest BCUT2D eigenvalue weighted by Crippen LogP contribution is -2.50. The number of nitrogens with one attached hydrogen (secondary N) is 2. The lowest BCUT2D eigenvalue weighted by atomic mass is 10.0. The van der Waals surface area contributed by atoms with Crippen molar-refractivity contribution >= 4 is 35.8 Å². The smallest absolute Gasteiger partial charge is 0.225 e. The van der Waals surface area contributed by atoms with Gasteiger partial charge in [0.2, 0.25) is 5.91 Å². The Morgan fingerprint density at radius 3 is 2.53 bits per heavy atom. The van der Waals surface area contributed by atoms with Crippen LogP contribution in [0.1, 0.15) is 52.5 Å². The zero-order chi connectivity index (χ0) is 22.6. The van der Waals surface area contributed by atoms with Crippen molar-refractivity contribution in [3.8, 4) is 11.5 Å². The van der Waals surface area contributed by atoms with Gasteiger partial charge in [-0.1, -0.05) is 19.9 Å². The molecule has 0 aromatic heterocycles. The first-order valence-electron chi connectivity index (χ1n) is 11.6. The fraction of sp³-hybridized carbons (Fsp3) is 0.667. The number of rotatable bonds is 10. The van der Waals surface area contributed by atoms with E-state index in [2.05, 4.69) is 29.7 Å². The van der Waals surface area contributed by atoms with E-state index in [1.807, 2.05) is 31.7 Å². The van der Waals surface area contributed by atoms with Gasteiger partial charge in [-0.25, -0.2) is 0 Å². The number of methoxy groups -OCH3 is 1. The standard InChI is InChI=1S/C24H40N4O3.HI/c1-6-25-24(27-20-12-15-28(16-13-20)23(29)18(3)4)26-14-8-9-19-10-11-21(30-5)22(17-19)31-7-2;/h10-11,17-18,20H,6-9,12-16H2,1-5H3,(H2,25,26,27);1H. The number of aryl methyl sites for hydroxylation is 1. The zero-order valence-electron chi connectivity index (χ0n) is 20.3. The molecule has 1 fully saturated rings. The number of aliphatic imine (C=N–C) groups is 1. The fourth-order valence-electron chi connectivity index (χ4n) is 3.74. The number of amides is 1. The summed E-state index contributed by atoms with van der Waals surface area (Å²) in [5.74, 6) is 2.75. The Morgan fingerprint density at radius 1 is 1.22 bits per heavy atom. The van der Waals surface area contributed by atoms with E-state index in [9.17, 15) is 4.79 Å². The number of benzene rings is 1. The summed E-state index contributed by atoms with van der Waals surface area (Å²) >= 11 is 0. The molecule has 1 aromatic carbocycles. The van der Waals surface area contributed by atoms with Crippen molar-refractivity contribution in [3.63, 3.8) is 0 Å². The second-order valence-electron chi connectivity index (χ2n) is 8.18. The number of hydrogen-bond donors (Lipinski definition) is 2. The molecule has 0 saturated carbocycles. The Morgan fingerprint density at radius 2 is 1.94 bits per heavy atom. The van der Waals surface area contributed by atoms with Crippen LogP contribution in [0.4, 0.5) is 0 Å². The lowest BCUT2D eigenvalue weighted by Gasteiger charge is -2.34.